The Labute approximate surface area is 140 Å². The molecule has 122 valence electrons. The summed E-state index contributed by atoms with van der Waals surface area (Å²) in [4.78, 5) is 15.4. The molecule has 2 aromatic rings. The van der Waals surface area contributed by atoms with Gasteiger partial charge in [0.2, 0.25) is 0 Å². The molecule has 0 aliphatic carbocycles. The highest BCUT2D eigenvalue weighted by Gasteiger charge is 2.41. The van der Waals surface area contributed by atoms with Gasteiger partial charge in [0.25, 0.3) is 0 Å². The molecule has 0 unspecified atom stereocenters. The number of hydrogen-bond donors (Lipinski definition) is 0. The van der Waals surface area contributed by atoms with Crippen LogP contribution in [-0.4, -0.2) is 30.8 Å². The minimum absolute atomic E-state index is 0.281. The lowest BCUT2D eigenvalue weighted by atomic mass is 9.67. The average molecular weight is 309 g/mol. The molecule has 0 amide bonds. The summed E-state index contributed by atoms with van der Waals surface area (Å²) in [6.45, 7) is 4.15. The third kappa shape index (κ3) is 3.53. The Morgan fingerprint density at radius 2 is 1.39 bits per heavy atom. The Kier molecular flexibility index (Phi) is 5.73. The van der Waals surface area contributed by atoms with Gasteiger partial charge in [-0.15, -0.1) is 0 Å². The van der Waals surface area contributed by atoms with Gasteiger partial charge >= 0.3 is 0 Å². The van der Waals surface area contributed by atoms with E-state index in [9.17, 15) is 4.79 Å². The zero-order valence-corrected chi connectivity index (χ0v) is 14.6. The van der Waals surface area contributed by atoms with Crippen LogP contribution in [0.1, 0.15) is 37.8 Å². The third-order valence-corrected chi connectivity index (χ3v) is 4.81. The zero-order valence-electron chi connectivity index (χ0n) is 14.6. The second-order valence-electron chi connectivity index (χ2n) is 6.43. The molecule has 0 aliphatic heterocycles. The summed E-state index contributed by atoms with van der Waals surface area (Å²) >= 11 is 0. The fraction of sp³-hybridized carbons (Fsp3) is 0.381. The van der Waals surface area contributed by atoms with Crippen LogP contribution in [0.3, 0.4) is 0 Å². The maximum atomic E-state index is 13.2. The van der Waals surface area contributed by atoms with Gasteiger partial charge in [-0.1, -0.05) is 67.6 Å². The molecule has 0 saturated heterocycles. The normalized spacial score (nSPS) is 13.1. The molecular weight excluding hydrogens is 282 g/mol. The van der Waals surface area contributed by atoms with Crippen LogP contribution in [0.15, 0.2) is 60.7 Å². The molecule has 2 rings (SSSR count). The first-order valence-electron chi connectivity index (χ1n) is 8.33. The maximum Gasteiger partial charge on any atom is 0.147 e. The SMILES string of the molecule is CCC(=O)C(C[C@@H](C)N(C)C)(c1ccccc1)c1ccccc1. The van der Waals surface area contributed by atoms with E-state index in [2.05, 4.69) is 50.2 Å². The summed E-state index contributed by atoms with van der Waals surface area (Å²) in [5, 5.41) is 0. The molecule has 0 heterocycles. The summed E-state index contributed by atoms with van der Waals surface area (Å²) in [5.41, 5.74) is 1.60. The van der Waals surface area contributed by atoms with Crippen molar-refractivity contribution in [1.29, 1.82) is 0 Å². The number of ketones is 1. The first-order chi connectivity index (χ1) is 11.0. The fourth-order valence-electron chi connectivity index (χ4n) is 3.21. The molecule has 2 heteroatoms. The van der Waals surface area contributed by atoms with Crippen molar-refractivity contribution in [3.63, 3.8) is 0 Å². The van der Waals surface area contributed by atoms with E-state index in [1.165, 1.54) is 0 Å². The number of Topliss-reactive ketones (excluding diaryl/α,β-unsaturated/α-hetero) is 1. The fourth-order valence-corrected chi connectivity index (χ4v) is 3.21. The van der Waals surface area contributed by atoms with E-state index >= 15 is 0 Å². The Morgan fingerprint density at radius 1 is 0.957 bits per heavy atom. The first-order valence-corrected chi connectivity index (χ1v) is 8.33. The molecule has 0 N–H and O–H groups in total. The van der Waals surface area contributed by atoms with Crippen molar-refractivity contribution in [2.75, 3.05) is 14.1 Å². The van der Waals surface area contributed by atoms with Crippen LogP contribution < -0.4 is 0 Å². The Balaban J connectivity index is 2.66. The zero-order chi connectivity index (χ0) is 16.9. The van der Waals surface area contributed by atoms with Gasteiger partial charge in [0.1, 0.15) is 5.78 Å². The van der Waals surface area contributed by atoms with E-state index in [0.717, 1.165) is 17.5 Å². The van der Waals surface area contributed by atoms with Gasteiger partial charge in [-0.05, 0) is 38.6 Å². The molecule has 2 nitrogen and oxygen atoms in total. The Hall–Kier alpha value is -1.93. The van der Waals surface area contributed by atoms with Gasteiger partial charge in [-0.3, -0.25) is 4.79 Å². The number of nitrogens with zero attached hydrogens (tertiary/aromatic N) is 1. The lowest BCUT2D eigenvalue weighted by Crippen LogP contribution is -2.42. The highest BCUT2D eigenvalue weighted by Crippen LogP contribution is 2.39. The van der Waals surface area contributed by atoms with Gasteiger partial charge in [0.05, 0.1) is 5.41 Å². The summed E-state index contributed by atoms with van der Waals surface area (Å²) in [6.07, 6.45) is 1.31. The quantitative estimate of drug-likeness (QED) is 0.760. The number of carbonyl (C=O) groups is 1. The number of benzene rings is 2. The summed E-state index contributed by atoms with van der Waals surface area (Å²) in [5.74, 6) is 0.281. The van der Waals surface area contributed by atoms with E-state index in [-0.39, 0.29) is 5.78 Å². The highest BCUT2D eigenvalue weighted by molar-refractivity contribution is 5.93. The predicted octanol–water partition coefficient (Wildman–Crippen LogP) is 4.29. The van der Waals surface area contributed by atoms with Gasteiger partial charge in [-0.25, -0.2) is 0 Å². The predicted molar refractivity (Wildman–Crippen MR) is 96.7 cm³/mol. The van der Waals surface area contributed by atoms with Gasteiger partial charge in [0, 0.05) is 12.5 Å². The van der Waals surface area contributed by atoms with Gasteiger partial charge in [0.15, 0.2) is 0 Å². The molecule has 0 bridgehead atoms. The van der Waals surface area contributed by atoms with E-state index in [1.54, 1.807) is 0 Å². The topological polar surface area (TPSA) is 20.3 Å². The van der Waals surface area contributed by atoms with E-state index < -0.39 is 5.41 Å². The smallest absolute Gasteiger partial charge is 0.147 e. The van der Waals surface area contributed by atoms with Gasteiger partial charge < -0.3 is 4.90 Å². The van der Waals surface area contributed by atoms with Crippen molar-refractivity contribution in [2.24, 2.45) is 0 Å². The molecular formula is C21H27NO. The molecule has 0 aromatic heterocycles. The van der Waals surface area contributed by atoms with Gasteiger partial charge in [-0.2, -0.15) is 0 Å². The second-order valence-corrected chi connectivity index (χ2v) is 6.43. The minimum Gasteiger partial charge on any atom is -0.307 e. The molecule has 0 spiro atoms. The standard InChI is InChI=1S/C21H27NO/c1-5-20(23)21(16-17(2)22(3)4,18-12-8-6-9-13-18)19-14-10-7-11-15-19/h6-15,17H,5,16H2,1-4H3/t17-/m1/s1. The van der Waals surface area contributed by atoms with Crippen molar-refractivity contribution in [3.8, 4) is 0 Å². The van der Waals surface area contributed by atoms with Crippen LogP contribution in [0.2, 0.25) is 0 Å². The van der Waals surface area contributed by atoms with Crippen LogP contribution >= 0.6 is 0 Å². The minimum atomic E-state index is -0.582. The molecule has 23 heavy (non-hydrogen) atoms. The first kappa shape index (κ1) is 17.4. The summed E-state index contributed by atoms with van der Waals surface area (Å²) in [6, 6.07) is 20.7. The largest absolute Gasteiger partial charge is 0.307 e. The second kappa shape index (κ2) is 7.56. The molecule has 0 radical (unpaired) electrons. The number of hydrogen-bond acceptors (Lipinski definition) is 2. The van der Waals surface area contributed by atoms with E-state index in [0.29, 0.717) is 12.5 Å². The van der Waals surface area contributed by atoms with Crippen molar-refractivity contribution in [2.45, 2.75) is 38.1 Å². The Bertz CT molecular complexity index is 579. The lowest BCUT2D eigenvalue weighted by molar-refractivity contribution is -0.123. The Morgan fingerprint density at radius 3 is 1.74 bits per heavy atom. The molecule has 2 aromatic carbocycles. The van der Waals surface area contributed by atoms with E-state index in [1.807, 2.05) is 43.3 Å². The van der Waals surface area contributed by atoms with Crippen LogP contribution in [0.5, 0.6) is 0 Å². The highest BCUT2D eigenvalue weighted by atomic mass is 16.1. The molecule has 1 atom stereocenters. The summed E-state index contributed by atoms with van der Waals surface area (Å²) < 4.78 is 0. The number of carbonyl (C=O) groups excluding carboxylic acids is 1. The average Bonchev–Trinajstić information content (AvgIpc) is 2.60. The molecule has 0 saturated carbocycles. The van der Waals surface area contributed by atoms with Crippen molar-refractivity contribution >= 4 is 5.78 Å². The third-order valence-electron chi connectivity index (χ3n) is 4.81. The van der Waals surface area contributed by atoms with Crippen LogP contribution in [0, 0.1) is 0 Å². The summed E-state index contributed by atoms with van der Waals surface area (Å²) in [7, 11) is 4.14. The van der Waals surface area contributed by atoms with Crippen LogP contribution in [0.4, 0.5) is 0 Å². The van der Waals surface area contributed by atoms with Crippen LogP contribution in [-0.2, 0) is 10.2 Å². The lowest BCUT2D eigenvalue weighted by Gasteiger charge is -2.37. The van der Waals surface area contributed by atoms with Crippen molar-refractivity contribution in [3.05, 3.63) is 71.8 Å². The maximum absolute atomic E-state index is 13.2. The van der Waals surface area contributed by atoms with Crippen LogP contribution in [0.25, 0.3) is 0 Å². The molecule has 0 fully saturated rings. The van der Waals surface area contributed by atoms with Crippen molar-refractivity contribution < 1.29 is 4.79 Å². The molecule has 0 aliphatic rings. The number of rotatable bonds is 7. The monoisotopic (exact) mass is 309 g/mol. The van der Waals surface area contributed by atoms with Crippen molar-refractivity contribution in [1.82, 2.24) is 4.90 Å². The van der Waals surface area contributed by atoms with E-state index in [4.69, 9.17) is 0 Å².